The van der Waals surface area contributed by atoms with Gasteiger partial charge in [0.15, 0.2) is 5.75 Å². The highest BCUT2D eigenvalue weighted by Gasteiger charge is 2.37. The molecular formula is C28H29FN4O7S. The fourth-order valence-electron chi connectivity index (χ4n) is 5.62. The van der Waals surface area contributed by atoms with Gasteiger partial charge in [-0.2, -0.15) is 13.7 Å². The van der Waals surface area contributed by atoms with Crippen LogP contribution in [-0.4, -0.2) is 54.5 Å². The lowest BCUT2D eigenvalue weighted by Gasteiger charge is -2.24. The summed E-state index contributed by atoms with van der Waals surface area (Å²) in [5.74, 6) is -0.628. The summed E-state index contributed by atoms with van der Waals surface area (Å²) < 4.78 is 51.2. The standard InChI is InChI=1S/C21H21FN4O4.C7H8O3S/c22-15-6-13-18(26(12-3-4-12)10-17(20(13)27)30-21(28)29)14(7-23)19(15)25-8-11-2-1-5-24-16(11)9-25;1-6-2-4-7(5-3-6)11(8,9)10/h6,10-12,16,24H,1-5,8-9H2,(H,28,29);2-5H,1H3,(H,8,9,10)/t11-,16+;/m0./s1. The number of carboxylic acid groups (broad SMARTS) is 1. The zero-order chi connectivity index (χ0) is 29.5. The van der Waals surface area contributed by atoms with Crippen LogP contribution in [0.5, 0.6) is 5.75 Å². The third-order valence-electron chi connectivity index (χ3n) is 7.69. The van der Waals surface area contributed by atoms with Crippen LogP contribution in [0.2, 0.25) is 0 Å². The Labute approximate surface area is 235 Å². The number of carbonyl (C=O) groups is 1. The molecule has 0 spiro atoms. The van der Waals surface area contributed by atoms with Crippen molar-refractivity contribution in [2.24, 2.45) is 5.92 Å². The highest BCUT2D eigenvalue weighted by atomic mass is 32.2. The summed E-state index contributed by atoms with van der Waals surface area (Å²) in [6, 6.07) is 9.53. The molecule has 0 amide bonds. The molecule has 11 nitrogen and oxygen atoms in total. The molecule has 3 aromatic rings. The molecule has 1 aromatic heterocycles. The van der Waals surface area contributed by atoms with E-state index in [1.807, 2.05) is 11.8 Å². The molecule has 2 saturated heterocycles. The maximum atomic E-state index is 15.3. The minimum Gasteiger partial charge on any atom is -0.449 e. The number of aryl methyl sites for hydroxylation is 1. The lowest BCUT2D eigenvalue weighted by molar-refractivity contribution is 0.143. The number of pyridine rings is 1. The summed E-state index contributed by atoms with van der Waals surface area (Å²) >= 11 is 0. The highest BCUT2D eigenvalue weighted by Crippen LogP contribution is 2.41. The summed E-state index contributed by atoms with van der Waals surface area (Å²) in [5, 5.41) is 22.4. The number of fused-ring (bicyclic) bond motifs is 2. The third kappa shape index (κ3) is 5.90. The summed E-state index contributed by atoms with van der Waals surface area (Å²) in [6.45, 7) is 4.04. The number of hydrogen-bond acceptors (Lipinski definition) is 8. The van der Waals surface area contributed by atoms with E-state index in [9.17, 15) is 23.3 Å². The second-order valence-electron chi connectivity index (χ2n) is 10.6. The first-order valence-electron chi connectivity index (χ1n) is 13.2. The van der Waals surface area contributed by atoms with Crippen LogP contribution in [0.4, 0.5) is 14.9 Å². The third-order valence-corrected chi connectivity index (χ3v) is 8.56. The number of benzene rings is 2. The van der Waals surface area contributed by atoms with E-state index in [4.69, 9.17) is 9.66 Å². The van der Waals surface area contributed by atoms with E-state index in [2.05, 4.69) is 16.1 Å². The first-order chi connectivity index (χ1) is 19.5. The number of piperidine rings is 1. The molecule has 0 unspecified atom stereocenters. The smallest absolute Gasteiger partial charge is 0.449 e. The molecule has 3 N–H and O–H groups in total. The van der Waals surface area contributed by atoms with E-state index >= 15 is 4.39 Å². The van der Waals surface area contributed by atoms with Crippen LogP contribution in [0.15, 0.2) is 46.2 Å². The Kier molecular flexibility index (Phi) is 7.74. The van der Waals surface area contributed by atoms with Crippen molar-refractivity contribution in [2.45, 2.75) is 49.6 Å². The second-order valence-corrected chi connectivity index (χ2v) is 12.0. The Hall–Kier alpha value is -3.99. The largest absolute Gasteiger partial charge is 0.511 e. The quantitative estimate of drug-likeness (QED) is 0.303. The van der Waals surface area contributed by atoms with Crippen molar-refractivity contribution in [1.82, 2.24) is 9.88 Å². The molecule has 3 fully saturated rings. The van der Waals surface area contributed by atoms with Gasteiger partial charge in [0.25, 0.3) is 10.1 Å². The van der Waals surface area contributed by atoms with Crippen molar-refractivity contribution in [3.8, 4) is 11.8 Å². The second kappa shape index (κ2) is 11.1. The minimum absolute atomic E-state index is 0.0254. The topological polar surface area (TPSA) is 162 Å². The molecule has 3 aliphatic rings. The number of nitrogens with zero attached hydrogens (tertiary/aromatic N) is 3. The fourth-order valence-corrected chi connectivity index (χ4v) is 6.10. The van der Waals surface area contributed by atoms with Gasteiger partial charge in [-0.05, 0) is 63.3 Å². The molecule has 41 heavy (non-hydrogen) atoms. The number of halogens is 1. The van der Waals surface area contributed by atoms with E-state index in [0.29, 0.717) is 24.5 Å². The molecule has 13 heteroatoms. The van der Waals surface area contributed by atoms with E-state index < -0.39 is 27.5 Å². The molecule has 6 rings (SSSR count). The Bertz CT molecular complexity index is 1700. The van der Waals surface area contributed by atoms with Gasteiger partial charge in [0.1, 0.15) is 17.4 Å². The number of nitriles is 1. The zero-order valence-electron chi connectivity index (χ0n) is 22.2. The van der Waals surface area contributed by atoms with E-state index in [-0.39, 0.29) is 39.4 Å². The van der Waals surface area contributed by atoms with Crippen LogP contribution >= 0.6 is 0 Å². The minimum atomic E-state index is -4.02. The predicted molar refractivity (Wildman–Crippen MR) is 148 cm³/mol. The molecule has 2 aliphatic heterocycles. The first-order valence-corrected chi connectivity index (χ1v) is 14.7. The maximum absolute atomic E-state index is 15.3. The number of anilines is 1. The lowest BCUT2D eigenvalue weighted by Crippen LogP contribution is -2.40. The van der Waals surface area contributed by atoms with Crippen molar-refractivity contribution in [1.29, 1.82) is 5.26 Å². The van der Waals surface area contributed by atoms with Crippen molar-refractivity contribution in [3.05, 3.63) is 63.7 Å². The number of rotatable bonds is 4. The van der Waals surface area contributed by atoms with Gasteiger partial charge in [-0.3, -0.25) is 9.35 Å². The van der Waals surface area contributed by atoms with Crippen LogP contribution in [0.1, 0.15) is 42.9 Å². The van der Waals surface area contributed by atoms with Gasteiger partial charge < -0.3 is 24.6 Å². The van der Waals surface area contributed by atoms with Crippen LogP contribution in [0.3, 0.4) is 0 Å². The van der Waals surface area contributed by atoms with Crippen molar-refractivity contribution < 1.29 is 32.0 Å². The molecular weight excluding hydrogens is 555 g/mol. The van der Waals surface area contributed by atoms with Gasteiger partial charge in [-0.15, -0.1) is 0 Å². The molecule has 0 bridgehead atoms. The van der Waals surface area contributed by atoms with Crippen LogP contribution in [-0.2, 0) is 10.1 Å². The molecule has 1 aliphatic carbocycles. The summed E-state index contributed by atoms with van der Waals surface area (Å²) in [5.41, 5.74) is 0.916. The maximum Gasteiger partial charge on any atom is 0.511 e. The number of aromatic nitrogens is 1. The highest BCUT2D eigenvalue weighted by molar-refractivity contribution is 7.85. The van der Waals surface area contributed by atoms with Crippen molar-refractivity contribution in [3.63, 3.8) is 0 Å². The van der Waals surface area contributed by atoms with E-state index in [1.165, 1.54) is 18.3 Å². The van der Waals surface area contributed by atoms with E-state index in [0.717, 1.165) is 43.9 Å². The van der Waals surface area contributed by atoms with Gasteiger partial charge >= 0.3 is 6.16 Å². The zero-order valence-corrected chi connectivity index (χ0v) is 23.0. The normalized spacial score (nSPS) is 20.1. The van der Waals surface area contributed by atoms with Crippen LogP contribution in [0, 0.1) is 30.0 Å². The summed E-state index contributed by atoms with van der Waals surface area (Å²) in [7, 11) is -4.02. The van der Waals surface area contributed by atoms with Crippen LogP contribution < -0.4 is 20.4 Å². The van der Waals surface area contributed by atoms with Gasteiger partial charge in [-0.1, -0.05) is 17.7 Å². The number of ether oxygens (including phenoxy) is 1. The van der Waals surface area contributed by atoms with Crippen molar-refractivity contribution in [2.75, 3.05) is 24.5 Å². The average molecular weight is 585 g/mol. The van der Waals surface area contributed by atoms with Crippen LogP contribution in [0.25, 0.3) is 10.9 Å². The predicted octanol–water partition coefficient (Wildman–Crippen LogP) is 3.83. The Balaban J connectivity index is 0.000000259. The van der Waals surface area contributed by atoms with Gasteiger partial charge in [0.2, 0.25) is 5.43 Å². The number of hydrogen-bond donors (Lipinski definition) is 3. The SMILES string of the molecule is Cc1ccc(S(=O)(=O)O)cc1.N#Cc1c(N2C[C@@H]3CCCN[C@@H]3C2)c(F)cc2c(=O)c(OC(=O)O)cn(C3CC3)c12. The Morgan fingerprint density at radius 2 is 1.90 bits per heavy atom. The monoisotopic (exact) mass is 584 g/mol. The fraction of sp³-hybridized carbons (Fsp3) is 0.393. The van der Waals surface area contributed by atoms with Crippen molar-refractivity contribution >= 4 is 32.9 Å². The Morgan fingerprint density at radius 1 is 1.20 bits per heavy atom. The lowest BCUT2D eigenvalue weighted by atomic mass is 9.94. The van der Waals surface area contributed by atoms with E-state index in [1.54, 1.807) is 16.7 Å². The molecule has 3 heterocycles. The Morgan fingerprint density at radius 3 is 2.49 bits per heavy atom. The number of nitrogens with one attached hydrogen (secondary N) is 1. The van der Waals surface area contributed by atoms with Gasteiger partial charge in [-0.25, -0.2) is 9.18 Å². The molecule has 1 saturated carbocycles. The molecule has 2 aromatic carbocycles. The molecule has 0 radical (unpaired) electrons. The van der Waals surface area contributed by atoms with Gasteiger partial charge in [0, 0.05) is 25.2 Å². The molecule has 216 valence electrons. The van der Waals surface area contributed by atoms with Gasteiger partial charge in [0.05, 0.1) is 27.7 Å². The summed E-state index contributed by atoms with van der Waals surface area (Å²) in [6.07, 6.45) is 3.53. The summed E-state index contributed by atoms with van der Waals surface area (Å²) in [4.78, 5) is 25.6. The average Bonchev–Trinajstić information content (AvgIpc) is 3.67. The first kappa shape index (κ1) is 28.5. The molecule has 2 atom stereocenters.